The number of nitrogens with zero attached hydrogens (tertiary/aromatic N) is 2. The molecule has 2 N–H and O–H groups in total. The first-order chi connectivity index (χ1) is 12.8. The van der Waals surface area contributed by atoms with Crippen molar-refractivity contribution in [2.75, 3.05) is 0 Å². The molecule has 0 aliphatic carbocycles. The predicted octanol–water partition coefficient (Wildman–Crippen LogP) is 2.03. The van der Waals surface area contributed by atoms with Gasteiger partial charge in [-0.25, -0.2) is 0 Å². The average molecular weight is 394 g/mol. The highest BCUT2D eigenvalue weighted by Crippen LogP contribution is 2.41. The molecule has 11 nitrogen and oxygen atoms in total. The number of carbonyl (C=O) groups is 2. The Labute approximate surface area is 156 Å². The van der Waals surface area contributed by atoms with Gasteiger partial charge < -0.3 is 9.47 Å². The summed E-state index contributed by atoms with van der Waals surface area (Å²) in [4.78, 5) is 48.3. The summed E-state index contributed by atoms with van der Waals surface area (Å²) in [7, 11) is 0. The number of esters is 2. The average Bonchev–Trinajstić information content (AvgIpc) is 2.62. The van der Waals surface area contributed by atoms with Crippen molar-refractivity contribution in [1.82, 2.24) is 15.2 Å². The molecular formula is C15H14N4O7S. The van der Waals surface area contributed by atoms with E-state index in [1.54, 1.807) is 0 Å². The third-order valence-corrected chi connectivity index (χ3v) is 3.43. The fourth-order valence-corrected chi connectivity index (χ4v) is 2.10. The SMILES string of the molecule is CCC(=O)Oc1cc(-c2n[nH]c(=S)[nH]c2=O)cc([N+](=O)[O-])c1OC(=O)CC. The molecule has 2 rings (SSSR count). The highest BCUT2D eigenvalue weighted by atomic mass is 32.1. The number of H-pyrrole nitrogens is 2. The third kappa shape index (κ3) is 4.61. The Morgan fingerprint density at radius 3 is 2.41 bits per heavy atom. The van der Waals surface area contributed by atoms with Gasteiger partial charge in [0.05, 0.1) is 4.92 Å². The molecule has 0 amide bonds. The number of nitro groups is 1. The maximum atomic E-state index is 12.1. The minimum atomic E-state index is -0.829. The zero-order chi connectivity index (χ0) is 20.1. The number of aromatic amines is 2. The molecule has 1 aromatic heterocycles. The van der Waals surface area contributed by atoms with Gasteiger partial charge in [-0.1, -0.05) is 13.8 Å². The Hall–Kier alpha value is -3.41. The highest BCUT2D eigenvalue weighted by molar-refractivity contribution is 7.71. The zero-order valence-electron chi connectivity index (χ0n) is 14.2. The largest absolute Gasteiger partial charge is 0.422 e. The van der Waals surface area contributed by atoms with Gasteiger partial charge in [0.15, 0.2) is 16.2 Å². The first-order valence-electron chi connectivity index (χ1n) is 7.69. The topological polar surface area (TPSA) is 157 Å². The smallest absolute Gasteiger partial charge is 0.316 e. The fraction of sp³-hybridized carbons (Fsp3) is 0.267. The Bertz CT molecular complexity index is 1030. The van der Waals surface area contributed by atoms with E-state index in [2.05, 4.69) is 15.2 Å². The molecule has 0 unspecified atom stereocenters. The quantitative estimate of drug-likeness (QED) is 0.246. The van der Waals surface area contributed by atoms with Crippen molar-refractivity contribution >= 4 is 29.8 Å². The van der Waals surface area contributed by atoms with Gasteiger partial charge in [0, 0.05) is 24.5 Å². The number of carbonyl (C=O) groups excluding carboxylic acids is 2. The van der Waals surface area contributed by atoms with Crippen molar-refractivity contribution in [3.05, 3.63) is 37.4 Å². The van der Waals surface area contributed by atoms with Crippen LogP contribution in [-0.2, 0) is 9.59 Å². The Kier molecular flexibility index (Phi) is 6.13. The van der Waals surface area contributed by atoms with E-state index in [-0.39, 0.29) is 34.6 Å². The van der Waals surface area contributed by atoms with Crippen LogP contribution in [0.3, 0.4) is 0 Å². The molecular weight excluding hydrogens is 380 g/mol. The van der Waals surface area contributed by atoms with Crippen LogP contribution in [0.1, 0.15) is 26.7 Å². The second-order valence-corrected chi connectivity index (χ2v) is 5.50. The van der Waals surface area contributed by atoms with E-state index >= 15 is 0 Å². The lowest BCUT2D eigenvalue weighted by molar-refractivity contribution is -0.385. The molecule has 0 spiro atoms. The summed E-state index contributed by atoms with van der Waals surface area (Å²) in [5, 5.41) is 17.6. The second-order valence-electron chi connectivity index (χ2n) is 5.09. The Balaban J connectivity index is 2.75. The minimum Gasteiger partial charge on any atom is -0.422 e. The molecule has 0 atom stereocenters. The monoisotopic (exact) mass is 394 g/mol. The summed E-state index contributed by atoms with van der Waals surface area (Å²) in [6.45, 7) is 3.01. The fourth-order valence-electron chi connectivity index (χ4n) is 1.96. The number of hydrogen-bond donors (Lipinski definition) is 2. The molecule has 0 aliphatic heterocycles. The Morgan fingerprint density at radius 1 is 1.22 bits per heavy atom. The zero-order valence-corrected chi connectivity index (χ0v) is 15.0. The van der Waals surface area contributed by atoms with Gasteiger partial charge in [0.1, 0.15) is 0 Å². The molecule has 0 aliphatic rings. The van der Waals surface area contributed by atoms with Crippen LogP contribution in [0.25, 0.3) is 11.3 Å². The van der Waals surface area contributed by atoms with Gasteiger partial charge in [-0.2, -0.15) is 5.10 Å². The lowest BCUT2D eigenvalue weighted by atomic mass is 10.1. The molecule has 0 radical (unpaired) electrons. The van der Waals surface area contributed by atoms with Crippen LogP contribution in [0.5, 0.6) is 11.5 Å². The van der Waals surface area contributed by atoms with E-state index in [9.17, 15) is 24.5 Å². The summed E-state index contributed by atoms with van der Waals surface area (Å²) in [5.74, 6) is -2.39. The number of benzene rings is 1. The standard InChI is InChI=1S/C15H14N4O7S/c1-3-10(20)25-9-6-7(12-14(22)16-15(27)18-17-12)5-8(19(23)24)13(9)26-11(21)4-2/h5-6H,3-4H2,1-2H3,(H2,16,18,22,27). The van der Waals surface area contributed by atoms with Crippen molar-refractivity contribution in [2.24, 2.45) is 0 Å². The van der Waals surface area contributed by atoms with Crippen LogP contribution < -0.4 is 15.0 Å². The summed E-state index contributed by atoms with van der Waals surface area (Å²) in [5.41, 5.74) is -1.64. The molecule has 0 bridgehead atoms. The summed E-state index contributed by atoms with van der Waals surface area (Å²) >= 11 is 4.75. The van der Waals surface area contributed by atoms with Gasteiger partial charge >= 0.3 is 17.6 Å². The number of aromatic nitrogens is 3. The molecule has 0 saturated heterocycles. The first kappa shape index (κ1) is 19.9. The van der Waals surface area contributed by atoms with E-state index in [1.165, 1.54) is 13.8 Å². The van der Waals surface area contributed by atoms with Crippen LogP contribution in [0.2, 0.25) is 0 Å². The van der Waals surface area contributed by atoms with Crippen molar-refractivity contribution in [3.8, 4) is 22.8 Å². The van der Waals surface area contributed by atoms with Gasteiger partial charge in [-0.3, -0.25) is 34.6 Å². The lowest BCUT2D eigenvalue weighted by Gasteiger charge is -2.12. The van der Waals surface area contributed by atoms with E-state index in [0.717, 1.165) is 12.1 Å². The number of nitrogens with one attached hydrogen (secondary N) is 2. The number of rotatable bonds is 6. The van der Waals surface area contributed by atoms with Crippen LogP contribution >= 0.6 is 12.2 Å². The third-order valence-electron chi connectivity index (χ3n) is 3.23. The summed E-state index contributed by atoms with van der Waals surface area (Å²) in [6, 6.07) is 2.13. The molecule has 27 heavy (non-hydrogen) atoms. The molecule has 142 valence electrons. The van der Waals surface area contributed by atoms with E-state index in [4.69, 9.17) is 21.7 Å². The van der Waals surface area contributed by atoms with Crippen molar-refractivity contribution in [3.63, 3.8) is 0 Å². The maximum absolute atomic E-state index is 12.1. The maximum Gasteiger partial charge on any atom is 0.316 e. The molecule has 12 heteroatoms. The van der Waals surface area contributed by atoms with E-state index in [0.29, 0.717) is 0 Å². The van der Waals surface area contributed by atoms with Gasteiger partial charge in [0.25, 0.3) is 11.3 Å². The first-order valence-corrected chi connectivity index (χ1v) is 8.10. The summed E-state index contributed by atoms with van der Waals surface area (Å²) < 4.78 is 10.0. The number of hydrogen-bond acceptors (Lipinski definition) is 9. The lowest BCUT2D eigenvalue weighted by Crippen LogP contribution is -2.15. The van der Waals surface area contributed by atoms with Crippen LogP contribution in [0, 0.1) is 14.9 Å². The van der Waals surface area contributed by atoms with Crippen molar-refractivity contribution in [1.29, 1.82) is 0 Å². The number of nitro benzene ring substituents is 1. The predicted molar refractivity (Wildman–Crippen MR) is 94.0 cm³/mol. The van der Waals surface area contributed by atoms with Gasteiger partial charge in [-0.15, -0.1) is 0 Å². The highest BCUT2D eigenvalue weighted by Gasteiger charge is 2.27. The van der Waals surface area contributed by atoms with E-state index < -0.39 is 33.9 Å². The van der Waals surface area contributed by atoms with Crippen LogP contribution in [0.15, 0.2) is 16.9 Å². The second kappa shape index (κ2) is 8.31. The minimum absolute atomic E-state index is 0.0313. The number of ether oxygens (including phenoxy) is 2. The Morgan fingerprint density at radius 2 is 1.85 bits per heavy atom. The summed E-state index contributed by atoms with van der Waals surface area (Å²) in [6.07, 6.45) is -0.0903. The molecule has 0 saturated carbocycles. The molecule has 1 heterocycles. The van der Waals surface area contributed by atoms with Gasteiger partial charge in [-0.05, 0) is 18.3 Å². The molecule has 2 aromatic rings. The van der Waals surface area contributed by atoms with Crippen LogP contribution in [0.4, 0.5) is 5.69 Å². The van der Waals surface area contributed by atoms with Crippen molar-refractivity contribution in [2.45, 2.75) is 26.7 Å². The van der Waals surface area contributed by atoms with Crippen molar-refractivity contribution < 1.29 is 24.0 Å². The normalized spacial score (nSPS) is 10.3. The molecule has 1 aromatic carbocycles. The van der Waals surface area contributed by atoms with Gasteiger partial charge in [0.2, 0.25) is 0 Å². The van der Waals surface area contributed by atoms with E-state index in [1.807, 2.05) is 0 Å². The molecule has 0 fully saturated rings. The van der Waals surface area contributed by atoms with Crippen LogP contribution in [-0.4, -0.2) is 32.0 Å².